The predicted octanol–water partition coefficient (Wildman–Crippen LogP) is 1.59. The molecule has 1 amide bonds. The van der Waals surface area contributed by atoms with Crippen molar-refractivity contribution < 1.29 is 14.3 Å². The fraction of sp³-hybridized carbons (Fsp3) is 0.429. The summed E-state index contributed by atoms with van der Waals surface area (Å²) in [5, 5.41) is 5.49. The molecule has 1 aromatic rings. The molecule has 0 aliphatic heterocycles. The quantitative estimate of drug-likeness (QED) is 0.444. The molecule has 22 heavy (non-hydrogen) atoms. The zero-order valence-electron chi connectivity index (χ0n) is 12.6. The van der Waals surface area contributed by atoms with Crippen molar-refractivity contribution in [2.75, 3.05) is 33.9 Å². The Morgan fingerprint density at radius 2 is 2.05 bits per heavy atom. The summed E-state index contributed by atoms with van der Waals surface area (Å²) in [5.41, 5.74) is 2.61. The van der Waals surface area contributed by atoms with Crippen LogP contribution in [0.2, 0.25) is 5.02 Å². The van der Waals surface area contributed by atoms with Gasteiger partial charge in [0.2, 0.25) is 0 Å². The highest BCUT2D eigenvalue weighted by atomic mass is 35.5. The van der Waals surface area contributed by atoms with Crippen LogP contribution in [-0.2, 0) is 9.53 Å². The molecule has 0 atom stereocenters. The Balaban J connectivity index is 2.25. The molecular weight excluding hydrogens is 326 g/mol. The summed E-state index contributed by atoms with van der Waals surface area (Å²) in [4.78, 5) is 11.8. The number of amides is 1. The number of rotatable bonds is 7. The molecule has 0 aromatic heterocycles. The molecule has 2 N–H and O–H groups in total. The van der Waals surface area contributed by atoms with Crippen LogP contribution in [0.4, 0.5) is 0 Å². The van der Waals surface area contributed by atoms with Gasteiger partial charge in [-0.05, 0) is 42.9 Å². The first kappa shape index (κ1) is 18.5. The van der Waals surface area contributed by atoms with E-state index in [9.17, 15) is 4.79 Å². The van der Waals surface area contributed by atoms with E-state index in [1.54, 1.807) is 38.4 Å². The van der Waals surface area contributed by atoms with Gasteiger partial charge in [-0.25, -0.2) is 0 Å². The van der Waals surface area contributed by atoms with Gasteiger partial charge in [-0.1, -0.05) is 11.6 Å². The third-order valence-electron chi connectivity index (χ3n) is 2.58. The third-order valence-corrected chi connectivity index (χ3v) is 3.25. The Kier molecular flexibility index (Phi) is 8.57. The number of methoxy groups -OCH3 is 1. The molecule has 0 radical (unpaired) electrons. The lowest BCUT2D eigenvalue weighted by Gasteiger charge is -2.21. The standard InChI is InChI=1S/C14H20ClN3O3S/c1-18(14(22)16-8-3-9-20-2)17-13(19)10-21-12-6-4-11(15)5-7-12/h4-7H,3,8-10H2,1-2H3,(H,16,22)(H,17,19). The van der Waals surface area contributed by atoms with Gasteiger partial charge in [0, 0.05) is 32.3 Å². The first-order valence-electron chi connectivity index (χ1n) is 6.71. The second-order valence-corrected chi connectivity index (χ2v) is 5.24. The number of hydrazine groups is 1. The summed E-state index contributed by atoms with van der Waals surface area (Å²) < 4.78 is 10.3. The molecule has 122 valence electrons. The van der Waals surface area contributed by atoms with Gasteiger partial charge >= 0.3 is 0 Å². The maximum atomic E-state index is 11.8. The van der Waals surface area contributed by atoms with E-state index in [0.29, 0.717) is 29.0 Å². The van der Waals surface area contributed by atoms with Crippen molar-refractivity contribution >= 4 is 34.8 Å². The Hall–Kier alpha value is -1.57. The van der Waals surface area contributed by atoms with Crippen molar-refractivity contribution in [2.45, 2.75) is 6.42 Å². The molecule has 0 saturated heterocycles. The van der Waals surface area contributed by atoms with E-state index >= 15 is 0 Å². The topological polar surface area (TPSA) is 62.8 Å². The van der Waals surface area contributed by atoms with E-state index in [1.165, 1.54) is 5.01 Å². The normalized spacial score (nSPS) is 9.95. The lowest BCUT2D eigenvalue weighted by atomic mass is 10.3. The maximum Gasteiger partial charge on any atom is 0.276 e. The molecule has 0 fully saturated rings. The highest BCUT2D eigenvalue weighted by Gasteiger charge is 2.08. The van der Waals surface area contributed by atoms with Crippen LogP contribution < -0.4 is 15.5 Å². The summed E-state index contributed by atoms with van der Waals surface area (Å²) in [7, 11) is 3.30. The van der Waals surface area contributed by atoms with Crippen LogP contribution in [0.1, 0.15) is 6.42 Å². The van der Waals surface area contributed by atoms with E-state index in [2.05, 4.69) is 10.7 Å². The van der Waals surface area contributed by atoms with Gasteiger partial charge in [0.25, 0.3) is 5.91 Å². The summed E-state index contributed by atoms with van der Waals surface area (Å²) in [6, 6.07) is 6.78. The molecule has 0 saturated carbocycles. The third kappa shape index (κ3) is 7.44. The minimum Gasteiger partial charge on any atom is -0.484 e. The number of carbonyl (C=O) groups is 1. The van der Waals surface area contributed by atoms with Crippen LogP contribution in [0.5, 0.6) is 5.75 Å². The Labute approximate surface area is 140 Å². The van der Waals surface area contributed by atoms with Gasteiger partial charge in [-0.3, -0.25) is 15.2 Å². The van der Waals surface area contributed by atoms with Crippen LogP contribution in [0.15, 0.2) is 24.3 Å². The van der Waals surface area contributed by atoms with E-state index in [1.807, 2.05) is 0 Å². The van der Waals surface area contributed by atoms with Crippen LogP contribution >= 0.6 is 23.8 Å². The monoisotopic (exact) mass is 345 g/mol. The molecule has 0 bridgehead atoms. The number of ether oxygens (including phenoxy) is 2. The van der Waals surface area contributed by atoms with Gasteiger partial charge < -0.3 is 14.8 Å². The number of nitrogens with one attached hydrogen (secondary N) is 2. The first-order chi connectivity index (χ1) is 10.5. The smallest absolute Gasteiger partial charge is 0.276 e. The van der Waals surface area contributed by atoms with Gasteiger partial charge in [0.1, 0.15) is 5.75 Å². The number of hydrogen-bond donors (Lipinski definition) is 2. The largest absolute Gasteiger partial charge is 0.484 e. The van der Waals surface area contributed by atoms with E-state index in [-0.39, 0.29) is 12.5 Å². The lowest BCUT2D eigenvalue weighted by molar-refractivity contribution is -0.126. The van der Waals surface area contributed by atoms with Crippen LogP contribution in [-0.4, -0.2) is 49.9 Å². The molecule has 0 heterocycles. The van der Waals surface area contributed by atoms with Crippen LogP contribution in [0, 0.1) is 0 Å². The van der Waals surface area contributed by atoms with Crippen LogP contribution in [0.3, 0.4) is 0 Å². The average molecular weight is 346 g/mol. The number of nitrogens with zero attached hydrogens (tertiary/aromatic N) is 1. The number of carbonyl (C=O) groups excluding carboxylic acids is 1. The predicted molar refractivity (Wildman–Crippen MR) is 89.9 cm³/mol. The SMILES string of the molecule is COCCCNC(=S)N(C)NC(=O)COc1ccc(Cl)cc1. The molecule has 0 aliphatic carbocycles. The van der Waals surface area contributed by atoms with Crippen molar-refractivity contribution in [1.29, 1.82) is 0 Å². The van der Waals surface area contributed by atoms with Gasteiger partial charge in [-0.15, -0.1) is 0 Å². The molecule has 0 aliphatic rings. The Morgan fingerprint density at radius 1 is 1.36 bits per heavy atom. The molecule has 0 spiro atoms. The minimum absolute atomic E-state index is 0.113. The highest BCUT2D eigenvalue weighted by molar-refractivity contribution is 7.80. The first-order valence-corrected chi connectivity index (χ1v) is 7.50. The molecule has 1 rings (SSSR count). The fourth-order valence-electron chi connectivity index (χ4n) is 1.48. The second-order valence-electron chi connectivity index (χ2n) is 4.41. The lowest BCUT2D eigenvalue weighted by Crippen LogP contribution is -2.49. The molecule has 1 aromatic carbocycles. The van der Waals surface area contributed by atoms with Gasteiger partial charge in [-0.2, -0.15) is 0 Å². The molecule has 6 nitrogen and oxygen atoms in total. The molecule has 8 heteroatoms. The summed E-state index contributed by atoms with van der Waals surface area (Å²) in [6.07, 6.45) is 0.831. The summed E-state index contributed by atoms with van der Waals surface area (Å²) >= 11 is 10.9. The number of thiocarbonyl (C=S) groups is 1. The average Bonchev–Trinajstić information content (AvgIpc) is 2.50. The molecule has 0 unspecified atom stereocenters. The maximum absolute atomic E-state index is 11.8. The number of halogens is 1. The fourth-order valence-corrected chi connectivity index (χ4v) is 1.75. The molecular formula is C14H20ClN3O3S. The highest BCUT2D eigenvalue weighted by Crippen LogP contribution is 2.15. The van der Waals surface area contributed by atoms with Crippen LogP contribution in [0.25, 0.3) is 0 Å². The zero-order valence-corrected chi connectivity index (χ0v) is 14.2. The Morgan fingerprint density at radius 3 is 2.68 bits per heavy atom. The van der Waals surface area contributed by atoms with Gasteiger partial charge in [0.05, 0.1) is 0 Å². The van der Waals surface area contributed by atoms with Gasteiger partial charge in [0.15, 0.2) is 11.7 Å². The van der Waals surface area contributed by atoms with E-state index in [0.717, 1.165) is 6.42 Å². The minimum atomic E-state index is -0.307. The number of hydrogen-bond acceptors (Lipinski definition) is 4. The summed E-state index contributed by atoms with van der Waals surface area (Å²) in [6.45, 7) is 1.22. The van der Waals surface area contributed by atoms with E-state index in [4.69, 9.17) is 33.3 Å². The zero-order chi connectivity index (χ0) is 16.4. The second kappa shape index (κ2) is 10.2. The number of benzene rings is 1. The van der Waals surface area contributed by atoms with Crippen molar-refractivity contribution in [3.8, 4) is 5.75 Å². The van der Waals surface area contributed by atoms with Crippen molar-refractivity contribution in [1.82, 2.24) is 15.8 Å². The Bertz CT molecular complexity index is 485. The van der Waals surface area contributed by atoms with E-state index < -0.39 is 0 Å². The van der Waals surface area contributed by atoms with Crippen molar-refractivity contribution in [3.63, 3.8) is 0 Å². The van der Waals surface area contributed by atoms with Crippen molar-refractivity contribution in [2.24, 2.45) is 0 Å². The van der Waals surface area contributed by atoms with Crippen molar-refractivity contribution in [3.05, 3.63) is 29.3 Å². The summed E-state index contributed by atoms with van der Waals surface area (Å²) in [5.74, 6) is 0.265.